The first-order chi connectivity index (χ1) is 13.3. The van der Waals surface area contributed by atoms with Crippen molar-refractivity contribution in [3.05, 3.63) is 74.8 Å². The second-order valence-corrected chi connectivity index (χ2v) is 6.92. The minimum absolute atomic E-state index is 0.112. The Hall–Kier alpha value is -3.48. The van der Waals surface area contributed by atoms with Crippen molar-refractivity contribution < 1.29 is 9.59 Å². The predicted molar refractivity (Wildman–Crippen MR) is 108 cm³/mol. The number of hydrogen-bond acceptors (Lipinski definition) is 4. The van der Waals surface area contributed by atoms with E-state index in [2.05, 4.69) is 15.6 Å². The maximum absolute atomic E-state index is 12.5. The third-order valence-electron chi connectivity index (χ3n) is 4.45. The molecule has 1 aromatic carbocycles. The molecule has 0 saturated carbocycles. The second-order valence-electron chi connectivity index (χ2n) is 6.92. The average Bonchev–Trinajstić information content (AvgIpc) is 2.63. The molecule has 0 aliphatic carbocycles. The number of amides is 2. The molecule has 0 radical (unpaired) electrons. The van der Waals surface area contributed by atoms with Crippen LogP contribution in [0.1, 0.15) is 32.6 Å². The highest BCUT2D eigenvalue weighted by molar-refractivity contribution is 5.99. The van der Waals surface area contributed by atoms with E-state index >= 15 is 0 Å². The quantitative estimate of drug-likeness (QED) is 0.729. The van der Waals surface area contributed by atoms with Crippen LogP contribution >= 0.6 is 0 Å². The van der Waals surface area contributed by atoms with Crippen LogP contribution in [0.5, 0.6) is 0 Å². The molecule has 0 atom stereocenters. The van der Waals surface area contributed by atoms with Gasteiger partial charge in [-0.15, -0.1) is 0 Å². The molecule has 0 aliphatic rings. The molecule has 2 amide bonds. The number of carbonyl (C=O) groups is 2. The Morgan fingerprint density at radius 2 is 1.71 bits per heavy atom. The van der Waals surface area contributed by atoms with E-state index in [9.17, 15) is 14.4 Å². The Labute approximate surface area is 162 Å². The number of fused-ring (bicyclic) bond motifs is 1. The Morgan fingerprint density at radius 1 is 1.04 bits per heavy atom. The van der Waals surface area contributed by atoms with Crippen LogP contribution in [0.4, 0.5) is 5.69 Å². The van der Waals surface area contributed by atoms with Crippen molar-refractivity contribution in [2.24, 2.45) is 0 Å². The first-order valence-electron chi connectivity index (χ1n) is 8.90. The highest BCUT2D eigenvalue weighted by atomic mass is 16.2. The van der Waals surface area contributed by atoms with Gasteiger partial charge in [0.2, 0.25) is 5.91 Å². The maximum Gasteiger partial charge on any atom is 0.270 e. The number of hydrogen-bond donors (Lipinski definition) is 2. The van der Waals surface area contributed by atoms with Crippen molar-refractivity contribution in [2.45, 2.75) is 27.7 Å². The van der Waals surface area contributed by atoms with Gasteiger partial charge in [0.05, 0.1) is 6.54 Å². The fraction of sp³-hybridized carbons (Fsp3) is 0.238. The summed E-state index contributed by atoms with van der Waals surface area (Å²) >= 11 is 0. The predicted octanol–water partition coefficient (Wildman–Crippen LogP) is 2.30. The van der Waals surface area contributed by atoms with Gasteiger partial charge < -0.3 is 10.6 Å². The SMILES string of the molecule is Cc1cc(C)c(NC(=O)CNC(=O)c2cnc3ccc(C)cn3c2=O)c(C)c1. The molecule has 3 aromatic rings. The van der Waals surface area contributed by atoms with Gasteiger partial charge in [-0.25, -0.2) is 4.98 Å². The zero-order valence-electron chi connectivity index (χ0n) is 16.3. The lowest BCUT2D eigenvalue weighted by Gasteiger charge is -2.13. The second kappa shape index (κ2) is 7.64. The number of aromatic nitrogens is 2. The lowest BCUT2D eigenvalue weighted by atomic mass is 10.1. The number of aryl methyl sites for hydroxylation is 4. The van der Waals surface area contributed by atoms with Crippen LogP contribution in [0.15, 0.2) is 41.5 Å². The summed E-state index contributed by atoms with van der Waals surface area (Å²) < 4.78 is 1.32. The van der Waals surface area contributed by atoms with E-state index in [-0.39, 0.29) is 18.0 Å². The van der Waals surface area contributed by atoms with Gasteiger partial charge in [-0.3, -0.25) is 18.8 Å². The fourth-order valence-electron chi connectivity index (χ4n) is 3.15. The van der Waals surface area contributed by atoms with Crippen LogP contribution in [-0.2, 0) is 4.79 Å². The van der Waals surface area contributed by atoms with Crippen molar-refractivity contribution in [2.75, 3.05) is 11.9 Å². The van der Waals surface area contributed by atoms with Crippen LogP contribution in [-0.4, -0.2) is 27.7 Å². The first kappa shape index (κ1) is 19.3. The van der Waals surface area contributed by atoms with Gasteiger partial charge in [0.25, 0.3) is 11.5 Å². The van der Waals surface area contributed by atoms with Gasteiger partial charge in [0.15, 0.2) is 0 Å². The van der Waals surface area contributed by atoms with Crippen LogP contribution in [0.3, 0.4) is 0 Å². The van der Waals surface area contributed by atoms with Crippen LogP contribution in [0, 0.1) is 27.7 Å². The number of nitrogens with zero attached hydrogens (tertiary/aromatic N) is 2. The van der Waals surface area contributed by atoms with Gasteiger partial charge in [0, 0.05) is 18.1 Å². The third-order valence-corrected chi connectivity index (χ3v) is 4.45. The van der Waals surface area contributed by atoms with Crippen molar-refractivity contribution in [3.63, 3.8) is 0 Å². The van der Waals surface area contributed by atoms with Crippen LogP contribution in [0.2, 0.25) is 0 Å². The van der Waals surface area contributed by atoms with E-state index < -0.39 is 11.5 Å². The lowest BCUT2D eigenvalue weighted by Crippen LogP contribution is -2.36. The summed E-state index contributed by atoms with van der Waals surface area (Å²) in [6.07, 6.45) is 2.85. The number of rotatable bonds is 4. The molecule has 0 bridgehead atoms. The molecule has 0 fully saturated rings. The summed E-state index contributed by atoms with van der Waals surface area (Å²) in [5, 5.41) is 5.30. The third kappa shape index (κ3) is 3.93. The Kier molecular flexibility index (Phi) is 5.26. The molecule has 3 rings (SSSR count). The number of carbonyl (C=O) groups excluding carboxylic acids is 2. The maximum atomic E-state index is 12.5. The van der Waals surface area contributed by atoms with E-state index in [1.54, 1.807) is 12.3 Å². The zero-order valence-corrected chi connectivity index (χ0v) is 16.3. The highest BCUT2D eigenvalue weighted by Crippen LogP contribution is 2.21. The molecular weight excluding hydrogens is 356 g/mol. The van der Waals surface area contributed by atoms with Gasteiger partial charge >= 0.3 is 0 Å². The average molecular weight is 378 g/mol. The minimum atomic E-state index is -0.638. The fourth-order valence-corrected chi connectivity index (χ4v) is 3.15. The zero-order chi connectivity index (χ0) is 20.4. The van der Waals surface area contributed by atoms with E-state index in [4.69, 9.17) is 0 Å². The summed E-state index contributed by atoms with van der Waals surface area (Å²) in [7, 11) is 0. The number of benzene rings is 1. The summed E-state index contributed by atoms with van der Waals surface area (Å²) in [4.78, 5) is 41.3. The molecule has 2 heterocycles. The van der Waals surface area contributed by atoms with Gasteiger partial charge in [-0.2, -0.15) is 0 Å². The lowest BCUT2D eigenvalue weighted by molar-refractivity contribution is -0.115. The van der Waals surface area contributed by atoms with Gasteiger partial charge in [-0.1, -0.05) is 23.8 Å². The summed E-state index contributed by atoms with van der Waals surface area (Å²) in [6.45, 7) is 7.42. The standard InChI is InChI=1S/C21H22N4O3/c1-12-5-6-17-22-9-16(21(28)25(17)11-12)20(27)23-10-18(26)24-19-14(3)7-13(2)8-15(19)4/h5-9,11H,10H2,1-4H3,(H,23,27)(H,24,26). The van der Waals surface area contributed by atoms with Crippen molar-refractivity contribution in [1.82, 2.24) is 14.7 Å². The Morgan fingerprint density at radius 3 is 2.39 bits per heavy atom. The molecule has 144 valence electrons. The molecular formula is C21H22N4O3. The number of nitrogens with one attached hydrogen (secondary N) is 2. The molecule has 7 heteroatoms. The monoisotopic (exact) mass is 378 g/mol. The van der Waals surface area contributed by atoms with Gasteiger partial charge in [0.1, 0.15) is 11.2 Å². The summed E-state index contributed by atoms with van der Waals surface area (Å²) in [6, 6.07) is 7.49. The molecule has 0 spiro atoms. The minimum Gasteiger partial charge on any atom is -0.343 e. The molecule has 0 saturated heterocycles. The highest BCUT2D eigenvalue weighted by Gasteiger charge is 2.15. The van der Waals surface area contributed by atoms with Crippen LogP contribution in [0.25, 0.3) is 5.65 Å². The normalized spacial score (nSPS) is 10.7. The molecule has 7 nitrogen and oxygen atoms in total. The van der Waals surface area contributed by atoms with E-state index in [0.717, 1.165) is 27.9 Å². The Bertz CT molecular complexity index is 1130. The topological polar surface area (TPSA) is 92.6 Å². The Balaban J connectivity index is 1.72. The van der Waals surface area contributed by atoms with Crippen molar-refractivity contribution in [1.29, 1.82) is 0 Å². The van der Waals surface area contributed by atoms with Crippen molar-refractivity contribution >= 4 is 23.1 Å². The van der Waals surface area contributed by atoms with E-state index in [0.29, 0.717) is 5.65 Å². The molecule has 2 N–H and O–H groups in total. The summed E-state index contributed by atoms with van der Waals surface area (Å²) in [5.41, 5.74) is 4.48. The summed E-state index contributed by atoms with van der Waals surface area (Å²) in [5.74, 6) is -1.01. The van der Waals surface area contributed by atoms with Crippen molar-refractivity contribution in [3.8, 4) is 0 Å². The molecule has 2 aromatic heterocycles. The van der Waals surface area contributed by atoms with Crippen LogP contribution < -0.4 is 16.2 Å². The smallest absolute Gasteiger partial charge is 0.270 e. The number of anilines is 1. The number of pyridine rings is 1. The first-order valence-corrected chi connectivity index (χ1v) is 8.90. The van der Waals surface area contributed by atoms with E-state index in [1.807, 2.05) is 45.9 Å². The molecule has 0 unspecified atom stereocenters. The molecule has 28 heavy (non-hydrogen) atoms. The van der Waals surface area contributed by atoms with E-state index in [1.165, 1.54) is 10.6 Å². The van der Waals surface area contributed by atoms with Gasteiger partial charge in [-0.05, 0) is 50.5 Å². The molecule has 0 aliphatic heterocycles. The largest absolute Gasteiger partial charge is 0.343 e.